The van der Waals surface area contributed by atoms with Gasteiger partial charge in [-0.2, -0.15) is 0 Å². The highest BCUT2D eigenvalue weighted by molar-refractivity contribution is 5.88. The molecule has 0 aromatic heterocycles. The van der Waals surface area contributed by atoms with Crippen molar-refractivity contribution >= 4 is 11.7 Å². The lowest BCUT2D eigenvalue weighted by atomic mass is 10.0. The van der Waals surface area contributed by atoms with Crippen molar-refractivity contribution in [3.63, 3.8) is 0 Å². The monoisotopic (exact) mass is 270 g/mol. The molecule has 1 aliphatic heterocycles. The molecule has 1 fully saturated rings. The second-order valence-electron chi connectivity index (χ2n) is 5.63. The van der Waals surface area contributed by atoms with Gasteiger partial charge < -0.3 is 10.1 Å². The second kappa shape index (κ2) is 7.60. The SMILES string of the molecule is COC1CCCN(CC(=O)NC(C(C)=O)C(C)C)C1. The van der Waals surface area contributed by atoms with Crippen molar-refractivity contribution in [2.24, 2.45) is 5.92 Å². The number of carbonyl (C=O) groups is 2. The van der Waals surface area contributed by atoms with Crippen LogP contribution < -0.4 is 5.32 Å². The van der Waals surface area contributed by atoms with Crippen LogP contribution in [0.25, 0.3) is 0 Å². The first kappa shape index (κ1) is 16.1. The fourth-order valence-electron chi connectivity index (χ4n) is 2.51. The lowest BCUT2D eigenvalue weighted by molar-refractivity contribution is -0.129. The third-order valence-electron chi connectivity index (χ3n) is 3.58. The summed E-state index contributed by atoms with van der Waals surface area (Å²) in [4.78, 5) is 25.5. The zero-order valence-corrected chi connectivity index (χ0v) is 12.4. The Kier molecular flexibility index (Phi) is 6.45. The molecule has 110 valence electrons. The Morgan fingerprint density at radius 2 is 2.11 bits per heavy atom. The maximum absolute atomic E-state index is 12.0. The fourth-order valence-corrected chi connectivity index (χ4v) is 2.51. The second-order valence-corrected chi connectivity index (χ2v) is 5.63. The molecule has 5 nitrogen and oxygen atoms in total. The predicted molar refractivity (Wildman–Crippen MR) is 73.9 cm³/mol. The van der Waals surface area contributed by atoms with Crippen LogP contribution in [0.1, 0.15) is 33.6 Å². The molecule has 0 aromatic carbocycles. The summed E-state index contributed by atoms with van der Waals surface area (Å²) in [6, 6.07) is -0.379. The number of methoxy groups -OCH3 is 1. The van der Waals surface area contributed by atoms with Crippen LogP contribution in [-0.4, -0.2) is 55.5 Å². The van der Waals surface area contributed by atoms with Crippen molar-refractivity contribution in [1.29, 1.82) is 0 Å². The van der Waals surface area contributed by atoms with E-state index in [1.54, 1.807) is 7.11 Å². The zero-order valence-electron chi connectivity index (χ0n) is 12.4. The summed E-state index contributed by atoms with van der Waals surface area (Å²) >= 11 is 0. The Morgan fingerprint density at radius 1 is 1.42 bits per heavy atom. The number of hydrogen-bond acceptors (Lipinski definition) is 4. The van der Waals surface area contributed by atoms with Gasteiger partial charge in [0.25, 0.3) is 0 Å². The van der Waals surface area contributed by atoms with Crippen molar-refractivity contribution in [3.8, 4) is 0 Å². The van der Waals surface area contributed by atoms with Crippen molar-refractivity contribution in [2.75, 3.05) is 26.7 Å². The Labute approximate surface area is 115 Å². The quantitative estimate of drug-likeness (QED) is 0.776. The van der Waals surface area contributed by atoms with Gasteiger partial charge in [-0.25, -0.2) is 0 Å². The van der Waals surface area contributed by atoms with E-state index in [1.165, 1.54) is 6.92 Å². The molecule has 1 rings (SSSR count). The van der Waals surface area contributed by atoms with Crippen LogP contribution in [0.5, 0.6) is 0 Å². The molecule has 0 aromatic rings. The summed E-state index contributed by atoms with van der Waals surface area (Å²) in [5.41, 5.74) is 0. The molecule has 0 aliphatic carbocycles. The van der Waals surface area contributed by atoms with Gasteiger partial charge in [-0.15, -0.1) is 0 Å². The summed E-state index contributed by atoms with van der Waals surface area (Å²) in [5, 5.41) is 2.83. The molecule has 0 bridgehead atoms. The van der Waals surface area contributed by atoms with E-state index in [2.05, 4.69) is 10.2 Å². The first-order valence-electron chi connectivity index (χ1n) is 6.99. The molecule has 1 N–H and O–H groups in total. The summed E-state index contributed by atoms with van der Waals surface area (Å²) in [6.45, 7) is 7.45. The van der Waals surface area contributed by atoms with Crippen LogP contribution in [0.2, 0.25) is 0 Å². The Morgan fingerprint density at radius 3 is 2.63 bits per heavy atom. The molecule has 1 aliphatic rings. The number of likely N-dealkylation sites (tertiary alicyclic amines) is 1. The minimum absolute atomic E-state index is 0.0109. The Balaban J connectivity index is 2.43. The summed E-state index contributed by atoms with van der Waals surface area (Å²) in [6.07, 6.45) is 2.32. The van der Waals surface area contributed by atoms with Gasteiger partial charge in [-0.05, 0) is 32.2 Å². The predicted octanol–water partition coefficient (Wildman–Crippen LogP) is 0.827. The van der Waals surface area contributed by atoms with Crippen LogP contribution >= 0.6 is 0 Å². The van der Waals surface area contributed by atoms with Gasteiger partial charge in [-0.3, -0.25) is 14.5 Å². The van der Waals surface area contributed by atoms with Crippen molar-refractivity contribution in [2.45, 2.75) is 45.8 Å². The van der Waals surface area contributed by atoms with Crippen LogP contribution in [-0.2, 0) is 14.3 Å². The highest BCUT2D eigenvalue weighted by Crippen LogP contribution is 2.12. The van der Waals surface area contributed by atoms with E-state index in [0.717, 1.165) is 25.9 Å². The number of nitrogens with zero attached hydrogens (tertiary/aromatic N) is 1. The number of amides is 1. The number of hydrogen-bond donors (Lipinski definition) is 1. The summed E-state index contributed by atoms with van der Waals surface area (Å²) in [5.74, 6) is 0.0527. The van der Waals surface area contributed by atoms with E-state index in [0.29, 0.717) is 6.54 Å². The maximum atomic E-state index is 12.0. The molecule has 1 amide bonds. The van der Waals surface area contributed by atoms with E-state index in [9.17, 15) is 9.59 Å². The minimum Gasteiger partial charge on any atom is -0.380 e. The average Bonchev–Trinajstić information content (AvgIpc) is 2.35. The van der Waals surface area contributed by atoms with Gasteiger partial charge in [0.1, 0.15) is 0 Å². The number of ether oxygens (including phenoxy) is 1. The molecule has 0 spiro atoms. The molecular weight excluding hydrogens is 244 g/mol. The van der Waals surface area contributed by atoms with Crippen LogP contribution in [0.4, 0.5) is 0 Å². The van der Waals surface area contributed by atoms with Gasteiger partial charge >= 0.3 is 0 Å². The van der Waals surface area contributed by atoms with E-state index in [4.69, 9.17) is 4.74 Å². The van der Waals surface area contributed by atoms with Gasteiger partial charge in [-0.1, -0.05) is 13.8 Å². The van der Waals surface area contributed by atoms with Gasteiger partial charge in [0.15, 0.2) is 5.78 Å². The standard InChI is InChI=1S/C14H26N2O3/c1-10(2)14(11(3)17)15-13(18)9-16-7-5-6-12(8-16)19-4/h10,12,14H,5-9H2,1-4H3,(H,15,18). The van der Waals surface area contributed by atoms with E-state index < -0.39 is 0 Å². The maximum Gasteiger partial charge on any atom is 0.234 e. The molecule has 2 unspecified atom stereocenters. The third-order valence-corrected chi connectivity index (χ3v) is 3.58. The molecule has 0 saturated carbocycles. The highest BCUT2D eigenvalue weighted by Gasteiger charge is 2.24. The molecule has 0 radical (unpaired) electrons. The fraction of sp³-hybridized carbons (Fsp3) is 0.857. The van der Waals surface area contributed by atoms with Crippen molar-refractivity contribution < 1.29 is 14.3 Å². The first-order chi connectivity index (χ1) is 8.93. The largest absolute Gasteiger partial charge is 0.380 e. The Hall–Kier alpha value is -0.940. The van der Waals surface area contributed by atoms with E-state index in [1.807, 2.05) is 13.8 Å². The number of nitrogens with one attached hydrogen (secondary N) is 1. The lowest BCUT2D eigenvalue weighted by Crippen LogP contribution is -2.49. The van der Waals surface area contributed by atoms with Gasteiger partial charge in [0.05, 0.1) is 18.7 Å². The molecular formula is C14H26N2O3. The van der Waals surface area contributed by atoms with Crippen LogP contribution in [0.3, 0.4) is 0 Å². The molecule has 2 atom stereocenters. The van der Waals surface area contributed by atoms with Gasteiger partial charge in [0.2, 0.25) is 5.91 Å². The van der Waals surface area contributed by atoms with Crippen molar-refractivity contribution in [3.05, 3.63) is 0 Å². The zero-order chi connectivity index (χ0) is 14.4. The highest BCUT2D eigenvalue weighted by atomic mass is 16.5. The van der Waals surface area contributed by atoms with E-state index in [-0.39, 0.29) is 29.8 Å². The Bertz CT molecular complexity index is 318. The smallest absolute Gasteiger partial charge is 0.234 e. The summed E-state index contributed by atoms with van der Waals surface area (Å²) in [7, 11) is 1.71. The minimum atomic E-state index is -0.379. The molecule has 5 heteroatoms. The number of carbonyl (C=O) groups excluding carboxylic acids is 2. The number of rotatable bonds is 6. The normalized spacial score (nSPS) is 22.3. The van der Waals surface area contributed by atoms with Crippen LogP contribution in [0, 0.1) is 5.92 Å². The first-order valence-corrected chi connectivity index (χ1v) is 6.99. The molecule has 19 heavy (non-hydrogen) atoms. The van der Waals surface area contributed by atoms with Crippen LogP contribution in [0.15, 0.2) is 0 Å². The molecule has 1 heterocycles. The van der Waals surface area contributed by atoms with Gasteiger partial charge in [0, 0.05) is 13.7 Å². The molecule has 1 saturated heterocycles. The lowest BCUT2D eigenvalue weighted by Gasteiger charge is -2.31. The number of piperidine rings is 1. The third kappa shape index (κ3) is 5.28. The van der Waals surface area contributed by atoms with Crippen molar-refractivity contribution in [1.82, 2.24) is 10.2 Å². The average molecular weight is 270 g/mol. The number of ketones is 1. The topological polar surface area (TPSA) is 58.6 Å². The van der Waals surface area contributed by atoms with E-state index >= 15 is 0 Å². The number of Topliss-reactive ketones (excluding diaryl/α,β-unsaturated/α-hetero) is 1. The summed E-state index contributed by atoms with van der Waals surface area (Å²) < 4.78 is 5.33.